The van der Waals surface area contributed by atoms with E-state index in [9.17, 15) is 9.59 Å². The molecule has 0 aliphatic rings. The predicted molar refractivity (Wildman–Crippen MR) is 60.7 cm³/mol. The number of aromatic nitrogens is 4. The van der Waals surface area contributed by atoms with Crippen molar-refractivity contribution in [3.05, 3.63) is 40.6 Å². The lowest BCUT2D eigenvalue weighted by molar-refractivity contribution is 0.0948. The van der Waals surface area contributed by atoms with Gasteiger partial charge in [0, 0.05) is 31.6 Å². The van der Waals surface area contributed by atoms with E-state index in [1.54, 1.807) is 12.4 Å². The van der Waals surface area contributed by atoms with Crippen molar-refractivity contribution in [3.8, 4) is 0 Å². The van der Waals surface area contributed by atoms with Crippen LogP contribution in [0.1, 0.15) is 22.7 Å². The molecule has 2 aromatic heterocycles. The fraction of sp³-hybridized carbons (Fsp3) is 0.300. The van der Waals surface area contributed by atoms with Crippen LogP contribution < -0.4 is 11.0 Å². The summed E-state index contributed by atoms with van der Waals surface area (Å²) in [4.78, 5) is 34.1. The second kappa shape index (κ2) is 5.15. The predicted octanol–water partition coefficient (Wildman–Crippen LogP) is -0.211. The van der Waals surface area contributed by atoms with E-state index < -0.39 is 0 Å². The quantitative estimate of drug-likeness (QED) is 0.538. The van der Waals surface area contributed by atoms with Crippen LogP contribution in [0, 0.1) is 0 Å². The molecule has 0 atom stereocenters. The first kappa shape index (κ1) is 11.2. The van der Waals surface area contributed by atoms with Gasteiger partial charge in [-0.1, -0.05) is 0 Å². The number of aryl methyl sites for hydroxylation is 1. The molecule has 0 spiro atoms. The summed E-state index contributed by atoms with van der Waals surface area (Å²) in [7, 11) is 0. The standard InChI is InChI=1S/C10H13N5O2/c16-9(7-6-14-10(17)15-7)13-3-1-2-8-11-4-5-12-8/h4-6H,1-3H2,(H,11,12)(H,13,16)(H2,14,15,17). The van der Waals surface area contributed by atoms with Gasteiger partial charge < -0.3 is 20.3 Å². The Morgan fingerprint density at radius 3 is 2.94 bits per heavy atom. The van der Waals surface area contributed by atoms with Crippen molar-refractivity contribution in [2.24, 2.45) is 0 Å². The van der Waals surface area contributed by atoms with E-state index in [1.807, 2.05) is 0 Å². The molecule has 17 heavy (non-hydrogen) atoms. The zero-order valence-electron chi connectivity index (χ0n) is 9.12. The number of hydrogen-bond acceptors (Lipinski definition) is 3. The maximum Gasteiger partial charge on any atom is 0.323 e. The summed E-state index contributed by atoms with van der Waals surface area (Å²) in [5.41, 5.74) is -0.140. The van der Waals surface area contributed by atoms with Gasteiger partial charge in [0.05, 0.1) is 0 Å². The molecular formula is C10H13N5O2. The lowest BCUT2D eigenvalue weighted by atomic mass is 10.3. The Morgan fingerprint density at radius 1 is 1.41 bits per heavy atom. The summed E-state index contributed by atoms with van der Waals surface area (Å²) < 4.78 is 0. The molecule has 2 heterocycles. The Hall–Kier alpha value is -2.31. The van der Waals surface area contributed by atoms with Crippen molar-refractivity contribution in [1.29, 1.82) is 0 Å². The highest BCUT2D eigenvalue weighted by atomic mass is 16.2. The van der Waals surface area contributed by atoms with Crippen molar-refractivity contribution in [1.82, 2.24) is 25.3 Å². The molecule has 7 heteroatoms. The van der Waals surface area contributed by atoms with Crippen molar-refractivity contribution in [2.75, 3.05) is 6.54 Å². The van der Waals surface area contributed by atoms with E-state index in [2.05, 4.69) is 25.3 Å². The second-order valence-electron chi connectivity index (χ2n) is 3.55. The Morgan fingerprint density at radius 2 is 2.29 bits per heavy atom. The van der Waals surface area contributed by atoms with Gasteiger partial charge in [-0.3, -0.25) is 4.79 Å². The summed E-state index contributed by atoms with van der Waals surface area (Å²) in [6, 6.07) is 0. The van der Waals surface area contributed by atoms with Crippen molar-refractivity contribution in [3.63, 3.8) is 0 Å². The summed E-state index contributed by atoms with van der Waals surface area (Å²) in [6.07, 6.45) is 6.37. The van der Waals surface area contributed by atoms with Gasteiger partial charge in [-0.25, -0.2) is 9.78 Å². The zero-order chi connectivity index (χ0) is 12.1. The Bertz CT molecular complexity index is 525. The number of imidazole rings is 2. The summed E-state index contributed by atoms with van der Waals surface area (Å²) >= 11 is 0. The van der Waals surface area contributed by atoms with E-state index in [1.165, 1.54) is 6.20 Å². The number of H-pyrrole nitrogens is 3. The molecule has 90 valence electrons. The molecule has 0 aliphatic heterocycles. The highest BCUT2D eigenvalue weighted by molar-refractivity contribution is 5.91. The molecule has 0 aliphatic carbocycles. The maximum absolute atomic E-state index is 11.5. The number of rotatable bonds is 5. The molecule has 0 aromatic carbocycles. The molecule has 0 unspecified atom stereocenters. The van der Waals surface area contributed by atoms with Crippen molar-refractivity contribution >= 4 is 5.91 Å². The minimum atomic E-state index is -0.384. The summed E-state index contributed by atoms with van der Waals surface area (Å²) in [5.74, 6) is 0.608. The van der Waals surface area contributed by atoms with Gasteiger partial charge in [-0.2, -0.15) is 0 Å². The lowest BCUT2D eigenvalue weighted by Gasteiger charge is -2.01. The van der Waals surface area contributed by atoms with E-state index in [0.717, 1.165) is 18.7 Å². The van der Waals surface area contributed by atoms with Gasteiger partial charge in [0.15, 0.2) is 0 Å². The average molecular weight is 235 g/mol. The van der Waals surface area contributed by atoms with E-state index in [-0.39, 0.29) is 17.3 Å². The van der Waals surface area contributed by atoms with Crippen molar-refractivity contribution < 1.29 is 4.79 Å². The van der Waals surface area contributed by atoms with Crippen LogP contribution in [0.5, 0.6) is 0 Å². The first-order valence-electron chi connectivity index (χ1n) is 5.30. The third-order valence-corrected chi connectivity index (χ3v) is 2.27. The number of nitrogens with one attached hydrogen (secondary N) is 4. The van der Waals surface area contributed by atoms with Crippen LogP contribution in [0.3, 0.4) is 0 Å². The number of carbonyl (C=O) groups excluding carboxylic acids is 1. The van der Waals surface area contributed by atoms with E-state index in [4.69, 9.17) is 0 Å². The fourth-order valence-electron chi connectivity index (χ4n) is 1.44. The Kier molecular flexibility index (Phi) is 3.39. The minimum absolute atomic E-state index is 0.244. The minimum Gasteiger partial charge on any atom is -0.351 e. The molecule has 0 bridgehead atoms. The molecule has 7 nitrogen and oxygen atoms in total. The monoisotopic (exact) mass is 235 g/mol. The van der Waals surface area contributed by atoms with Crippen LogP contribution in [-0.4, -0.2) is 32.4 Å². The van der Waals surface area contributed by atoms with Crippen LogP contribution in [0.2, 0.25) is 0 Å². The summed E-state index contributed by atoms with van der Waals surface area (Å²) in [6.45, 7) is 0.534. The zero-order valence-corrected chi connectivity index (χ0v) is 9.12. The first-order valence-corrected chi connectivity index (χ1v) is 5.30. The number of nitrogens with zero attached hydrogens (tertiary/aromatic N) is 1. The lowest BCUT2D eigenvalue weighted by Crippen LogP contribution is -2.25. The number of amides is 1. The SMILES string of the molecule is O=C(NCCCc1ncc[nH]1)c1c[nH]c(=O)[nH]1. The van der Waals surface area contributed by atoms with Gasteiger partial charge in [0.1, 0.15) is 11.5 Å². The topological polar surface area (TPSA) is 106 Å². The van der Waals surface area contributed by atoms with E-state index in [0.29, 0.717) is 6.54 Å². The van der Waals surface area contributed by atoms with Crippen LogP contribution >= 0.6 is 0 Å². The average Bonchev–Trinajstić information content (AvgIpc) is 2.95. The van der Waals surface area contributed by atoms with Gasteiger partial charge >= 0.3 is 5.69 Å². The van der Waals surface area contributed by atoms with Gasteiger partial charge in [0.2, 0.25) is 0 Å². The highest BCUT2D eigenvalue weighted by Gasteiger charge is 2.06. The van der Waals surface area contributed by atoms with Crippen LogP contribution in [0.25, 0.3) is 0 Å². The molecule has 4 N–H and O–H groups in total. The normalized spacial score (nSPS) is 10.4. The van der Waals surface area contributed by atoms with Gasteiger partial charge in [-0.05, 0) is 6.42 Å². The van der Waals surface area contributed by atoms with Gasteiger partial charge in [-0.15, -0.1) is 0 Å². The van der Waals surface area contributed by atoms with Crippen LogP contribution in [0.15, 0.2) is 23.4 Å². The summed E-state index contributed by atoms with van der Waals surface area (Å²) in [5, 5.41) is 2.70. The molecular weight excluding hydrogens is 222 g/mol. The molecule has 0 radical (unpaired) electrons. The highest BCUT2D eigenvalue weighted by Crippen LogP contribution is 1.94. The van der Waals surface area contributed by atoms with Crippen molar-refractivity contribution in [2.45, 2.75) is 12.8 Å². The Balaban J connectivity index is 1.72. The third kappa shape index (κ3) is 3.07. The Labute approximate surface area is 96.7 Å². The van der Waals surface area contributed by atoms with Crippen LogP contribution in [-0.2, 0) is 6.42 Å². The number of hydrogen-bond donors (Lipinski definition) is 4. The van der Waals surface area contributed by atoms with E-state index >= 15 is 0 Å². The molecule has 0 saturated heterocycles. The fourth-order valence-corrected chi connectivity index (χ4v) is 1.44. The molecule has 2 aromatic rings. The third-order valence-electron chi connectivity index (χ3n) is 2.27. The maximum atomic E-state index is 11.5. The van der Waals surface area contributed by atoms with Crippen LogP contribution in [0.4, 0.5) is 0 Å². The molecule has 2 rings (SSSR count). The number of aromatic amines is 3. The first-order chi connectivity index (χ1) is 8.25. The van der Waals surface area contributed by atoms with Gasteiger partial charge in [0.25, 0.3) is 5.91 Å². The largest absolute Gasteiger partial charge is 0.351 e. The smallest absolute Gasteiger partial charge is 0.323 e. The molecule has 1 amide bonds. The molecule has 0 fully saturated rings. The second-order valence-corrected chi connectivity index (χ2v) is 3.55. The molecule has 0 saturated carbocycles. The number of carbonyl (C=O) groups is 1.